The van der Waals surface area contributed by atoms with Crippen molar-refractivity contribution >= 4 is 50.9 Å². The Bertz CT molecular complexity index is 666. The Hall–Kier alpha value is -1.17. The Morgan fingerprint density at radius 2 is 2.09 bits per heavy atom. The molecule has 0 radical (unpaired) electrons. The summed E-state index contributed by atoms with van der Waals surface area (Å²) >= 11 is 11.0. The van der Waals surface area contributed by atoms with Crippen molar-refractivity contribution in [2.75, 3.05) is 18.2 Å². The van der Waals surface area contributed by atoms with Crippen molar-refractivity contribution in [1.82, 2.24) is 0 Å². The standard InChI is InChI=1S/C16H15BrClNO2S/c1-21-15-7-6-12(18)8-14(15)19-16(20)10-22-9-11-4-2-3-5-13(11)17/h2-8H,9-10H2,1H3,(H,19,20). The van der Waals surface area contributed by atoms with Crippen LogP contribution < -0.4 is 10.1 Å². The molecule has 1 N–H and O–H groups in total. The average Bonchev–Trinajstić information content (AvgIpc) is 2.49. The Balaban J connectivity index is 1.88. The van der Waals surface area contributed by atoms with Gasteiger partial charge in [0.25, 0.3) is 0 Å². The van der Waals surface area contributed by atoms with E-state index < -0.39 is 0 Å². The second kappa shape index (κ2) is 8.46. The molecular formula is C16H15BrClNO2S. The number of halogens is 2. The van der Waals surface area contributed by atoms with Gasteiger partial charge >= 0.3 is 0 Å². The van der Waals surface area contributed by atoms with Crippen LogP contribution in [0.15, 0.2) is 46.9 Å². The zero-order valence-corrected chi connectivity index (χ0v) is 15.1. The second-order valence-corrected chi connectivity index (χ2v) is 6.75. The molecular weight excluding hydrogens is 386 g/mol. The van der Waals surface area contributed by atoms with Gasteiger partial charge in [-0.15, -0.1) is 11.8 Å². The lowest BCUT2D eigenvalue weighted by Gasteiger charge is -2.10. The highest BCUT2D eigenvalue weighted by Gasteiger charge is 2.09. The third-order valence-corrected chi connectivity index (χ3v) is 4.87. The smallest absolute Gasteiger partial charge is 0.234 e. The number of carbonyl (C=O) groups excluding carboxylic acids is 1. The molecule has 1 amide bonds. The maximum atomic E-state index is 12.0. The van der Waals surface area contributed by atoms with Crippen LogP contribution in [-0.4, -0.2) is 18.8 Å². The number of hydrogen-bond donors (Lipinski definition) is 1. The topological polar surface area (TPSA) is 38.3 Å². The minimum Gasteiger partial charge on any atom is -0.495 e. The number of nitrogens with one attached hydrogen (secondary N) is 1. The molecule has 2 rings (SSSR count). The van der Waals surface area contributed by atoms with Gasteiger partial charge in [-0.05, 0) is 29.8 Å². The SMILES string of the molecule is COc1ccc(Cl)cc1NC(=O)CSCc1ccccc1Br. The Morgan fingerprint density at radius 1 is 1.32 bits per heavy atom. The predicted molar refractivity (Wildman–Crippen MR) is 96.9 cm³/mol. The Kier molecular flexibility index (Phi) is 6.61. The van der Waals surface area contributed by atoms with Crippen LogP contribution in [0, 0.1) is 0 Å². The fourth-order valence-electron chi connectivity index (χ4n) is 1.83. The summed E-state index contributed by atoms with van der Waals surface area (Å²) in [5.74, 6) is 1.63. The van der Waals surface area contributed by atoms with Crippen molar-refractivity contribution in [2.24, 2.45) is 0 Å². The number of benzene rings is 2. The summed E-state index contributed by atoms with van der Waals surface area (Å²) in [6, 6.07) is 13.1. The normalized spacial score (nSPS) is 10.3. The molecule has 0 bridgehead atoms. The van der Waals surface area contributed by atoms with Crippen molar-refractivity contribution in [1.29, 1.82) is 0 Å². The lowest BCUT2D eigenvalue weighted by molar-refractivity contribution is -0.113. The van der Waals surface area contributed by atoms with Crippen molar-refractivity contribution in [3.8, 4) is 5.75 Å². The number of rotatable bonds is 6. The summed E-state index contributed by atoms with van der Waals surface area (Å²) < 4.78 is 6.26. The van der Waals surface area contributed by atoms with Crippen molar-refractivity contribution < 1.29 is 9.53 Å². The van der Waals surface area contributed by atoms with Crippen molar-refractivity contribution in [2.45, 2.75) is 5.75 Å². The third kappa shape index (κ3) is 4.93. The van der Waals surface area contributed by atoms with Crippen LogP contribution >= 0.6 is 39.3 Å². The molecule has 0 heterocycles. The minimum absolute atomic E-state index is 0.0855. The van der Waals surface area contributed by atoms with Gasteiger partial charge in [0.15, 0.2) is 0 Å². The number of methoxy groups -OCH3 is 1. The first-order valence-electron chi connectivity index (χ1n) is 6.54. The van der Waals surface area contributed by atoms with Gasteiger partial charge < -0.3 is 10.1 Å². The van der Waals surface area contributed by atoms with Gasteiger partial charge in [0.2, 0.25) is 5.91 Å². The van der Waals surface area contributed by atoms with E-state index in [0.717, 1.165) is 10.2 Å². The van der Waals surface area contributed by atoms with Gasteiger partial charge in [-0.1, -0.05) is 45.7 Å². The number of ether oxygens (including phenoxy) is 1. The van der Waals surface area contributed by atoms with Gasteiger partial charge in [0.1, 0.15) is 5.75 Å². The van der Waals surface area contributed by atoms with E-state index in [1.54, 1.807) is 37.1 Å². The summed E-state index contributed by atoms with van der Waals surface area (Å²) in [6.07, 6.45) is 0. The molecule has 0 aromatic heterocycles. The average molecular weight is 401 g/mol. The molecule has 116 valence electrons. The van der Waals surface area contributed by atoms with Gasteiger partial charge in [-0.2, -0.15) is 0 Å². The van der Waals surface area contributed by atoms with Gasteiger partial charge in [-0.3, -0.25) is 4.79 Å². The van der Waals surface area contributed by atoms with E-state index in [9.17, 15) is 4.79 Å². The molecule has 0 aliphatic heterocycles. The van der Waals surface area contributed by atoms with Crippen LogP contribution in [0.25, 0.3) is 0 Å². The van der Waals surface area contributed by atoms with Crippen LogP contribution in [0.2, 0.25) is 5.02 Å². The molecule has 2 aromatic rings. The molecule has 0 spiro atoms. The van der Waals surface area contributed by atoms with Crippen LogP contribution in [-0.2, 0) is 10.5 Å². The van der Waals surface area contributed by atoms with E-state index in [0.29, 0.717) is 22.2 Å². The number of anilines is 1. The zero-order chi connectivity index (χ0) is 15.9. The van der Waals surface area contributed by atoms with Gasteiger partial charge in [-0.25, -0.2) is 0 Å². The van der Waals surface area contributed by atoms with E-state index in [1.807, 2.05) is 24.3 Å². The van der Waals surface area contributed by atoms with Gasteiger partial charge in [0, 0.05) is 15.2 Å². The lowest BCUT2D eigenvalue weighted by atomic mass is 10.2. The molecule has 0 aliphatic carbocycles. The molecule has 0 unspecified atom stereocenters. The fourth-order valence-corrected chi connectivity index (χ4v) is 3.45. The largest absolute Gasteiger partial charge is 0.495 e. The molecule has 0 aliphatic rings. The number of thioether (sulfide) groups is 1. The third-order valence-electron chi connectivity index (χ3n) is 2.88. The number of hydrogen-bond acceptors (Lipinski definition) is 3. The molecule has 2 aromatic carbocycles. The maximum Gasteiger partial charge on any atom is 0.234 e. The van der Waals surface area contributed by atoms with Crippen LogP contribution in [0.5, 0.6) is 5.75 Å². The first kappa shape index (κ1) is 17.2. The summed E-state index contributed by atoms with van der Waals surface area (Å²) in [5.41, 5.74) is 1.75. The monoisotopic (exact) mass is 399 g/mol. The highest BCUT2D eigenvalue weighted by Crippen LogP contribution is 2.28. The van der Waals surface area contributed by atoms with E-state index in [2.05, 4.69) is 21.2 Å². The molecule has 22 heavy (non-hydrogen) atoms. The van der Waals surface area contributed by atoms with E-state index in [-0.39, 0.29) is 5.91 Å². The molecule has 0 atom stereocenters. The highest BCUT2D eigenvalue weighted by atomic mass is 79.9. The van der Waals surface area contributed by atoms with Crippen LogP contribution in [0.3, 0.4) is 0 Å². The quantitative estimate of drug-likeness (QED) is 0.743. The van der Waals surface area contributed by atoms with Crippen molar-refractivity contribution in [3.05, 3.63) is 57.5 Å². The second-order valence-electron chi connectivity index (χ2n) is 4.48. The van der Waals surface area contributed by atoms with E-state index in [4.69, 9.17) is 16.3 Å². The molecule has 3 nitrogen and oxygen atoms in total. The van der Waals surface area contributed by atoms with Crippen LogP contribution in [0.4, 0.5) is 5.69 Å². The summed E-state index contributed by atoms with van der Waals surface area (Å²) in [6.45, 7) is 0. The summed E-state index contributed by atoms with van der Waals surface area (Å²) in [4.78, 5) is 12.0. The number of carbonyl (C=O) groups is 1. The first-order valence-corrected chi connectivity index (χ1v) is 8.87. The molecule has 0 fully saturated rings. The van der Waals surface area contributed by atoms with Crippen LogP contribution in [0.1, 0.15) is 5.56 Å². The molecule has 6 heteroatoms. The fraction of sp³-hybridized carbons (Fsp3) is 0.188. The summed E-state index contributed by atoms with van der Waals surface area (Å²) in [7, 11) is 1.56. The van der Waals surface area contributed by atoms with Gasteiger partial charge in [0.05, 0.1) is 18.6 Å². The maximum absolute atomic E-state index is 12.0. The lowest BCUT2D eigenvalue weighted by Crippen LogP contribution is -2.14. The Labute approximate surface area is 147 Å². The van der Waals surface area contributed by atoms with Crippen molar-refractivity contribution in [3.63, 3.8) is 0 Å². The molecule has 0 saturated carbocycles. The zero-order valence-electron chi connectivity index (χ0n) is 11.9. The number of amides is 1. The first-order chi connectivity index (χ1) is 10.6. The highest BCUT2D eigenvalue weighted by molar-refractivity contribution is 9.10. The summed E-state index contributed by atoms with van der Waals surface area (Å²) in [5, 5.41) is 3.37. The van der Waals surface area contributed by atoms with E-state index >= 15 is 0 Å². The minimum atomic E-state index is -0.0855. The predicted octanol–water partition coefficient (Wildman–Crippen LogP) is 4.98. The Morgan fingerprint density at radius 3 is 2.82 bits per heavy atom. The molecule has 0 saturated heterocycles. The van der Waals surface area contributed by atoms with E-state index in [1.165, 1.54) is 5.56 Å².